The van der Waals surface area contributed by atoms with Gasteiger partial charge in [0.2, 0.25) is 17.6 Å². The molecule has 0 spiro atoms. The summed E-state index contributed by atoms with van der Waals surface area (Å²) in [6.45, 7) is 4.70. The molecule has 0 unspecified atom stereocenters. The van der Waals surface area contributed by atoms with Crippen LogP contribution in [0.15, 0.2) is 28.8 Å². The van der Waals surface area contributed by atoms with Crippen LogP contribution in [-0.2, 0) is 11.2 Å². The van der Waals surface area contributed by atoms with E-state index < -0.39 is 4.92 Å². The van der Waals surface area contributed by atoms with Crippen molar-refractivity contribution < 1.29 is 14.2 Å². The van der Waals surface area contributed by atoms with Crippen molar-refractivity contribution in [3.05, 3.63) is 40.3 Å². The second kappa shape index (κ2) is 8.95. The van der Waals surface area contributed by atoms with Crippen molar-refractivity contribution in [3.8, 4) is 11.4 Å². The predicted octanol–water partition coefficient (Wildman–Crippen LogP) is 4.00. The molecular weight excluding hydrogens is 360 g/mol. The van der Waals surface area contributed by atoms with Crippen LogP contribution in [0.5, 0.6) is 0 Å². The first kappa shape index (κ1) is 20.0. The molecule has 1 aromatic carbocycles. The number of carbonyl (C=O) groups is 1. The molecule has 0 bridgehead atoms. The second-order valence-electron chi connectivity index (χ2n) is 7.34. The van der Waals surface area contributed by atoms with Gasteiger partial charge < -0.3 is 9.42 Å². The molecule has 1 fully saturated rings. The number of nitrogens with zero attached hydrogens (tertiary/aromatic N) is 4. The van der Waals surface area contributed by atoms with E-state index in [1.807, 2.05) is 4.90 Å². The van der Waals surface area contributed by atoms with Crippen molar-refractivity contribution in [3.63, 3.8) is 0 Å². The van der Waals surface area contributed by atoms with E-state index in [4.69, 9.17) is 4.52 Å². The summed E-state index contributed by atoms with van der Waals surface area (Å²) in [6, 6.07) is 6.20. The fraction of sp³-hybridized carbons (Fsp3) is 0.550. The fourth-order valence-corrected chi connectivity index (χ4v) is 3.60. The third kappa shape index (κ3) is 4.55. The minimum Gasteiger partial charge on any atom is -0.339 e. The minimum absolute atomic E-state index is 0.0158. The predicted molar refractivity (Wildman–Crippen MR) is 104 cm³/mol. The van der Waals surface area contributed by atoms with Gasteiger partial charge in [-0.1, -0.05) is 24.9 Å². The van der Waals surface area contributed by atoms with Crippen molar-refractivity contribution in [2.24, 2.45) is 5.92 Å². The largest absolute Gasteiger partial charge is 0.339 e. The topological polar surface area (TPSA) is 102 Å². The van der Waals surface area contributed by atoms with Gasteiger partial charge in [0.15, 0.2) is 0 Å². The van der Waals surface area contributed by atoms with Gasteiger partial charge in [0.1, 0.15) is 0 Å². The normalized spacial score (nSPS) is 15.5. The zero-order valence-electron chi connectivity index (χ0n) is 16.3. The lowest BCUT2D eigenvalue weighted by Gasteiger charge is -2.30. The van der Waals surface area contributed by atoms with Gasteiger partial charge >= 0.3 is 0 Å². The first-order valence-corrected chi connectivity index (χ1v) is 9.87. The van der Waals surface area contributed by atoms with Crippen LogP contribution < -0.4 is 0 Å². The molecule has 0 aliphatic heterocycles. The number of aromatic nitrogens is 2. The molecule has 1 aliphatic rings. The maximum absolute atomic E-state index is 12.9. The summed E-state index contributed by atoms with van der Waals surface area (Å²) in [5.74, 6) is 1.23. The molecular formula is C20H26N4O4. The zero-order valence-corrected chi connectivity index (χ0v) is 16.3. The lowest BCUT2D eigenvalue weighted by atomic mass is 10.0. The number of benzene rings is 1. The Kier molecular flexibility index (Phi) is 6.38. The van der Waals surface area contributed by atoms with E-state index in [2.05, 4.69) is 24.0 Å². The van der Waals surface area contributed by atoms with Crippen LogP contribution in [0, 0.1) is 16.0 Å². The van der Waals surface area contributed by atoms with Crippen LogP contribution in [-0.4, -0.2) is 38.5 Å². The molecule has 1 aliphatic carbocycles. The number of hydrogen-bond donors (Lipinski definition) is 0. The van der Waals surface area contributed by atoms with Gasteiger partial charge in [0.25, 0.3) is 5.69 Å². The molecule has 1 amide bonds. The van der Waals surface area contributed by atoms with Crippen LogP contribution in [0.4, 0.5) is 5.69 Å². The Hall–Kier alpha value is -2.77. The number of hydrogen-bond acceptors (Lipinski definition) is 6. The maximum atomic E-state index is 12.9. The monoisotopic (exact) mass is 386 g/mol. The van der Waals surface area contributed by atoms with E-state index in [0.717, 1.165) is 32.1 Å². The molecule has 0 saturated heterocycles. The summed E-state index contributed by atoms with van der Waals surface area (Å²) in [4.78, 5) is 29.5. The van der Waals surface area contributed by atoms with Gasteiger partial charge in [-0.05, 0) is 38.3 Å². The van der Waals surface area contributed by atoms with Crippen LogP contribution in [0.3, 0.4) is 0 Å². The minimum atomic E-state index is -0.448. The summed E-state index contributed by atoms with van der Waals surface area (Å²) in [6.07, 6.45) is 5.62. The summed E-state index contributed by atoms with van der Waals surface area (Å²) >= 11 is 0. The van der Waals surface area contributed by atoms with E-state index in [9.17, 15) is 14.9 Å². The average Bonchev–Trinajstić information content (AvgIpc) is 3.40. The number of nitro benzene ring substituents is 1. The van der Waals surface area contributed by atoms with Crippen molar-refractivity contribution >= 4 is 11.6 Å². The van der Waals surface area contributed by atoms with Crippen molar-refractivity contribution in [1.29, 1.82) is 0 Å². The second-order valence-corrected chi connectivity index (χ2v) is 7.34. The summed E-state index contributed by atoms with van der Waals surface area (Å²) in [5, 5.41) is 14.7. The molecule has 150 valence electrons. The molecule has 0 N–H and O–H groups in total. The smallest absolute Gasteiger partial charge is 0.269 e. The Morgan fingerprint density at radius 1 is 1.32 bits per heavy atom. The zero-order chi connectivity index (χ0) is 20.1. The average molecular weight is 386 g/mol. The van der Waals surface area contributed by atoms with E-state index in [1.165, 1.54) is 12.1 Å². The molecule has 1 aromatic heterocycles. The van der Waals surface area contributed by atoms with Gasteiger partial charge in [-0.2, -0.15) is 4.98 Å². The quantitative estimate of drug-likeness (QED) is 0.502. The highest BCUT2D eigenvalue weighted by molar-refractivity contribution is 5.79. The first-order valence-electron chi connectivity index (χ1n) is 9.87. The molecule has 1 atom stereocenters. The number of nitro groups is 1. The Labute approximate surface area is 164 Å². The van der Waals surface area contributed by atoms with E-state index in [-0.39, 0.29) is 23.6 Å². The number of non-ortho nitro benzene ring substituents is 1. The summed E-state index contributed by atoms with van der Waals surface area (Å²) < 4.78 is 5.33. The molecule has 2 aromatic rings. The molecule has 8 nitrogen and oxygen atoms in total. The summed E-state index contributed by atoms with van der Waals surface area (Å²) in [7, 11) is 0. The van der Waals surface area contributed by atoms with Gasteiger partial charge in [-0.25, -0.2) is 0 Å². The molecule has 0 radical (unpaired) electrons. The standard InChI is InChI=1S/C20H26N4O4/c1-3-14(2)23(20(25)16-6-4-5-7-16)13-12-18-21-19(22-28-18)15-8-10-17(11-9-15)24(26)27/h8-11,14,16H,3-7,12-13H2,1-2H3/t14-/m0/s1. The lowest BCUT2D eigenvalue weighted by Crippen LogP contribution is -2.42. The highest BCUT2D eigenvalue weighted by Gasteiger charge is 2.29. The molecule has 1 heterocycles. The number of amides is 1. The molecule has 8 heteroatoms. The van der Waals surface area contributed by atoms with Crippen molar-refractivity contribution in [1.82, 2.24) is 15.0 Å². The van der Waals surface area contributed by atoms with E-state index in [0.29, 0.717) is 30.2 Å². The maximum Gasteiger partial charge on any atom is 0.269 e. The highest BCUT2D eigenvalue weighted by Crippen LogP contribution is 2.28. The Balaban J connectivity index is 1.65. The fourth-order valence-electron chi connectivity index (χ4n) is 3.60. The first-order chi connectivity index (χ1) is 13.5. The molecule has 1 saturated carbocycles. The van der Waals surface area contributed by atoms with E-state index in [1.54, 1.807) is 12.1 Å². The van der Waals surface area contributed by atoms with Crippen LogP contribution in [0.2, 0.25) is 0 Å². The molecule has 28 heavy (non-hydrogen) atoms. The Morgan fingerprint density at radius 2 is 2.00 bits per heavy atom. The molecule has 3 rings (SSSR count). The third-order valence-electron chi connectivity index (χ3n) is 5.48. The third-order valence-corrected chi connectivity index (χ3v) is 5.48. The number of rotatable bonds is 8. The Bertz CT molecular complexity index is 812. The summed E-state index contributed by atoms with van der Waals surface area (Å²) in [5.41, 5.74) is 0.670. The van der Waals surface area contributed by atoms with Crippen molar-refractivity contribution in [2.45, 2.75) is 58.4 Å². The van der Waals surface area contributed by atoms with Crippen LogP contribution >= 0.6 is 0 Å². The van der Waals surface area contributed by atoms with Gasteiger partial charge in [0.05, 0.1) is 4.92 Å². The number of carbonyl (C=O) groups excluding carboxylic acids is 1. The van der Waals surface area contributed by atoms with Gasteiger partial charge in [-0.3, -0.25) is 14.9 Å². The van der Waals surface area contributed by atoms with Gasteiger partial charge in [0, 0.05) is 42.6 Å². The Morgan fingerprint density at radius 3 is 2.61 bits per heavy atom. The van der Waals surface area contributed by atoms with Gasteiger partial charge in [-0.15, -0.1) is 0 Å². The lowest BCUT2D eigenvalue weighted by molar-refractivity contribution is -0.384. The van der Waals surface area contributed by atoms with E-state index >= 15 is 0 Å². The van der Waals surface area contributed by atoms with Crippen LogP contribution in [0.25, 0.3) is 11.4 Å². The SMILES string of the molecule is CC[C@H](C)N(CCc1nc(-c2ccc([N+](=O)[O-])cc2)no1)C(=O)C1CCCC1. The van der Waals surface area contributed by atoms with Crippen molar-refractivity contribution in [2.75, 3.05) is 6.54 Å². The van der Waals surface area contributed by atoms with Crippen LogP contribution in [0.1, 0.15) is 51.8 Å². The highest BCUT2D eigenvalue weighted by atomic mass is 16.6.